The fourth-order valence-corrected chi connectivity index (χ4v) is 4.89. The van der Waals surface area contributed by atoms with Gasteiger partial charge in [0.25, 0.3) is 5.69 Å². The van der Waals surface area contributed by atoms with Crippen LogP contribution in [0.1, 0.15) is 38.5 Å². The van der Waals surface area contributed by atoms with Crippen LogP contribution in [-0.2, 0) is 4.79 Å². The highest BCUT2D eigenvalue weighted by molar-refractivity contribution is 5.79. The van der Waals surface area contributed by atoms with E-state index in [1.807, 2.05) is 0 Å². The van der Waals surface area contributed by atoms with Crippen molar-refractivity contribution < 1.29 is 9.72 Å². The fraction of sp³-hybridized carbons (Fsp3) is 0.632. The van der Waals surface area contributed by atoms with Crippen LogP contribution >= 0.6 is 0 Å². The van der Waals surface area contributed by atoms with Crippen LogP contribution in [-0.4, -0.2) is 58.0 Å². The van der Waals surface area contributed by atoms with Crippen molar-refractivity contribution in [3.05, 3.63) is 28.4 Å². The number of rotatable bonds is 5. The summed E-state index contributed by atoms with van der Waals surface area (Å²) in [6, 6.07) is 6.10. The molecule has 9 heteroatoms. The molecule has 4 heterocycles. The summed E-state index contributed by atoms with van der Waals surface area (Å²) in [4.78, 5) is 31.1. The molecule has 9 nitrogen and oxygen atoms in total. The number of fused-ring (bicyclic) bond motifs is 2. The standard InChI is InChI=1S/C19H24N6O3/c20-10-16-2-1-7-23(16)19(26)12-21-13-8-14-3-4-15(9-13)24(14)18-6-5-17(11-22-18)25(27)28/h5-6,11,13-16,21H,1-4,7-9,12H2. The van der Waals surface area contributed by atoms with Crippen molar-refractivity contribution in [3.8, 4) is 6.07 Å². The van der Waals surface area contributed by atoms with Gasteiger partial charge in [0.15, 0.2) is 0 Å². The maximum Gasteiger partial charge on any atom is 0.287 e. The molecule has 2 bridgehead atoms. The van der Waals surface area contributed by atoms with Gasteiger partial charge in [0.2, 0.25) is 5.91 Å². The summed E-state index contributed by atoms with van der Waals surface area (Å²) in [6.07, 6.45) is 6.96. The van der Waals surface area contributed by atoms with Gasteiger partial charge in [-0.2, -0.15) is 5.26 Å². The Morgan fingerprint density at radius 2 is 2.07 bits per heavy atom. The van der Waals surface area contributed by atoms with Gasteiger partial charge in [-0.25, -0.2) is 4.98 Å². The largest absolute Gasteiger partial charge is 0.351 e. The predicted octanol–water partition coefficient (Wildman–Crippen LogP) is 1.59. The quantitative estimate of drug-likeness (QED) is 0.605. The molecule has 3 saturated heterocycles. The first-order valence-electron chi connectivity index (χ1n) is 9.88. The number of pyridine rings is 1. The minimum absolute atomic E-state index is 0.00347. The maximum atomic E-state index is 12.4. The van der Waals surface area contributed by atoms with Crippen LogP contribution in [0, 0.1) is 21.4 Å². The van der Waals surface area contributed by atoms with E-state index in [1.165, 1.54) is 12.3 Å². The van der Waals surface area contributed by atoms with Crippen molar-refractivity contribution >= 4 is 17.4 Å². The van der Waals surface area contributed by atoms with Gasteiger partial charge in [-0.15, -0.1) is 0 Å². The molecule has 0 saturated carbocycles. The predicted molar refractivity (Wildman–Crippen MR) is 102 cm³/mol. The van der Waals surface area contributed by atoms with Crippen molar-refractivity contribution in [2.24, 2.45) is 0 Å². The molecule has 28 heavy (non-hydrogen) atoms. The van der Waals surface area contributed by atoms with E-state index >= 15 is 0 Å². The van der Waals surface area contributed by atoms with E-state index in [9.17, 15) is 14.9 Å². The van der Waals surface area contributed by atoms with Crippen molar-refractivity contribution in [2.45, 2.75) is 62.7 Å². The van der Waals surface area contributed by atoms with Gasteiger partial charge < -0.3 is 15.1 Å². The third kappa shape index (κ3) is 3.52. The van der Waals surface area contributed by atoms with Crippen LogP contribution in [0.25, 0.3) is 0 Å². The second kappa shape index (κ2) is 7.72. The minimum Gasteiger partial charge on any atom is -0.351 e. The first kappa shape index (κ1) is 18.6. The number of anilines is 1. The van der Waals surface area contributed by atoms with Crippen molar-refractivity contribution in [3.63, 3.8) is 0 Å². The highest BCUT2D eigenvalue weighted by Gasteiger charge is 2.41. The van der Waals surface area contributed by atoms with Gasteiger partial charge in [0.1, 0.15) is 18.1 Å². The SMILES string of the molecule is N#CC1CCCN1C(=O)CNC1CC2CCC(C1)N2c1ccc([N+](=O)[O-])cn1. The van der Waals surface area contributed by atoms with E-state index in [4.69, 9.17) is 5.26 Å². The summed E-state index contributed by atoms with van der Waals surface area (Å²) in [5.41, 5.74) is 0.00347. The van der Waals surface area contributed by atoms with Crippen molar-refractivity contribution in [1.82, 2.24) is 15.2 Å². The summed E-state index contributed by atoms with van der Waals surface area (Å²) >= 11 is 0. The Balaban J connectivity index is 1.34. The number of carbonyl (C=O) groups is 1. The molecule has 1 N–H and O–H groups in total. The summed E-state index contributed by atoms with van der Waals surface area (Å²) in [5, 5.41) is 23.4. The van der Waals surface area contributed by atoms with E-state index in [0.29, 0.717) is 18.6 Å². The third-order valence-electron chi connectivity index (χ3n) is 6.20. The molecule has 0 spiro atoms. The molecule has 148 valence electrons. The Kier molecular flexibility index (Phi) is 5.13. The molecule has 1 aromatic heterocycles. The second-order valence-electron chi connectivity index (χ2n) is 7.85. The number of nitriles is 1. The number of nitrogens with one attached hydrogen (secondary N) is 1. The third-order valence-corrected chi connectivity index (χ3v) is 6.20. The van der Waals surface area contributed by atoms with Crippen molar-refractivity contribution in [2.75, 3.05) is 18.0 Å². The Labute approximate surface area is 163 Å². The molecule has 0 aromatic carbocycles. The van der Waals surface area contributed by atoms with E-state index in [0.717, 1.165) is 44.3 Å². The van der Waals surface area contributed by atoms with Gasteiger partial charge in [-0.3, -0.25) is 14.9 Å². The first-order chi connectivity index (χ1) is 13.6. The number of amides is 1. The lowest BCUT2D eigenvalue weighted by molar-refractivity contribution is -0.385. The molecular weight excluding hydrogens is 360 g/mol. The minimum atomic E-state index is -0.435. The number of nitro groups is 1. The van der Waals surface area contributed by atoms with Gasteiger partial charge in [0.05, 0.1) is 17.5 Å². The highest BCUT2D eigenvalue weighted by atomic mass is 16.6. The smallest absolute Gasteiger partial charge is 0.287 e. The summed E-state index contributed by atoms with van der Waals surface area (Å²) in [7, 11) is 0. The Morgan fingerprint density at radius 3 is 2.68 bits per heavy atom. The fourth-order valence-electron chi connectivity index (χ4n) is 4.89. The van der Waals surface area contributed by atoms with E-state index in [1.54, 1.807) is 11.0 Å². The zero-order chi connectivity index (χ0) is 19.7. The molecule has 4 rings (SSSR count). The average molecular weight is 384 g/mol. The number of nitrogens with zero attached hydrogens (tertiary/aromatic N) is 5. The Morgan fingerprint density at radius 1 is 1.32 bits per heavy atom. The van der Waals surface area contributed by atoms with E-state index < -0.39 is 4.92 Å². The van der Waals surface area contributed by atoms with Gasteiger partial charge in [0, 0.05) is 30.7 Å². The number of aromatic nitrogens is 1. The lowest BCUT2D eigenvalue weighted by Crippen LogP contribution is -2.51. The molecule has 3 fully saturated rings. The zero-order valence-corrected chi connectivity index (χ0v) is 15.7. The molecular formula is C19H24N6O3. The summed E-state index contributed by atoms with van der Waals surface area (Å²) in [6.45, 7) is 0.951. The maximum absolute atomic E-state index is 12.4. The lowest BCUT2D eigenvalue weighted by atomic mass is 9.97. The lowest BCUT2D eigenvalue weighted by Gasteiger charge is -2.40. The molecule has 0 radical (unpaired) electrons. The average Bonchev–Trinajstić information content (AvgIpc) is 3.28. The van der Waals surface area contributed by atoms with Gasteiger partial charge in [-0.05, 0) is 44.6 Å². The zero-order valence-electron chi connectivity index (χ0n) is 15.7. The molecule has 1 aromatic rings. The summed E-state index contributed by atoms with van der Waals surface area (Å²) in [5.74, 6) is 0.803. The number of carbonyl (C=O) groups excluding carboxylic acids is 1. The number of hydrogen-bond acceptors (Lipinski definition) is 7. The van der Waals surface area contributed by atoms with E-state index in [2.05, 4.69) is 21.3 Å². The number of piperidine rings is 1. The normalized spacial score (nSPS) is 29.0. The van der Waals surface area contributed by atoms with Crippen LogP contribution in [0.15, 0.2) is 18.3 Å². The second-order valence-corrected chi connectivity index (χ2v) is 7.85. The molecule has 0 aliphatic carbocycles. The van der Waals surface area contributed by atoms with Crippen molar-refractivity contribution in [1.29, 1.82) is 5.26 Å². The molecule has 3 atom stereocenters. The number of hydrogen-bond donors (Lipinski definition) is 1. The molecule has 3 aliphatic rings. The molecule has 1 amide bonds. The van der Waals surface area contributed by atoms with Crippen LogP contribution in [0.5, 0.6) is 0 Å². The Hall–Kier alpha value is -2.73. The Bertz CT molecular complexity index is 778. The first-order valence-corrected chi connectivity index (χ1v) is 9.88. The highest BCUT2D eigenvalue weighted by Crippen LogP contribution is 2.38. The molecule has 3 unspecified atom stereocenters. The van der Waals surface area contributed by atoms with E-state index in [-0.39, 0.29) is 30.2 Å². The topological polar surface area (TPSA) is 115 Å². The van der Waals surface area contributed by atoms with Crippen LogP contribution in [0.3, 0.4) is 0 Å². The van der Waals surface area contributed by atoms with Gasteiger partial charge in [-0.1, -0.05) is 0 Å². The van der Waals surface area contributed by atoms with Crippen LogP contribution in [0.2, 0.25) is 0 Å². The van der Waals surface area contributed by atoms with Crippen LogP contribution < -0.4 is 10.2 Å². The summed E-state index contributed by atoms with van der Waals surface area (Å²) < 4.78 is 0. The van der Waals surface area contributed by atoms with Crippen LogP contribution in [0.4, 0.5) is 11.5 Å². The monoisotopic (exact) mass is 384 g/mol. The molecule has 3 aliphatic heterocycles. The number of likely N-dealkylation sites (tertiary alicyclic amines) is 1. The van der Waals surface area contributed by atoms with Gasteiger partial charge >= 0.3 is 0 Å².